The van der Waals surface area contributed by atoms with Crippen molar-refractivity contribution in [3.8, 4) is 11.5 Å². The van der Waals surface area contributed by atoms with Gasteiger partial charge in [0.05, 0.1) is 6.42 Å². The van der Waals surface area contributed by atoms with Gasteiger partial charge in [0.2, 0.25) is 12.7 Å². The Morgan fingerprint density at radius 3 is 2.70 bits per heavy atom. The van der Waals surface area contributed by atoms with Crippen LogP contribution in [0.2, 0.25) is 10.0 Å². The largest absolute Gasteiger partial charge is 0.454 e. The van der Waals surface area contributed by atoms with Gasteiger partial charge in [-0.25, -0.2) is 0 Å². The number of amides is 1. The van der Waals surface area contributed by atoms with E-state index in [0.29, 0.717) is 22.3 Å². The lowest BCUT2D eigenvalue weighted by molar-refractivity contribution is -0.129. The fourth-order valence-electron chi connectivity index (χ4n) is 2.36. The monoisotopic (exact) mass is 351 g/mol. The zero-order chi connectivity index (χ0) is 16.4. The summed E-state index contributed by atoms with van der Waals surface area (Å²) < 4.78 is 10.6. The van der Waals surface area contributed by atoms with Gasteiger partial charge in [-0.05, 0) is 35.4 Å². The second kappa shape index (κ2) is 6.69. The highest BCUT2D eigenvalue weighted by Gasteiger charge is 2.16. The highest BCUT2D eigenvalue weighted by Crippen LogP contribution is 2.32. The Kier molecular flexibility index (Phi) is 4.64. The number of hydrogen-bond acceptors (Lipinski definition) is 3. The number of carbonyl (C=O) groups is 1. The van der Waals surface area contributed by atoms with E-state index >= 15 is 0 Å². The third-order valence-corrected chi connectivity index (χ3v) is 4.23. The summed E-state index contributed by atoms with van der Waals surface area (Å²) in [4.78, 5) is 14.0. The van der Waals surface area contributed by atoms with Crippen molar-refractivity contribution >= 4 is 29.1 Å². The molecular weight excluding hydrogens is 337 g/mol. The van der Waals surface area contributed by atoms with Crippen molar-refractivity contribution in [3.63, 3.8) is 0 Å². The van der Waals surface area contributed by atoms with Gasteiger partial charge in [0, 0.05) is 23.6 Å². The van der Waals surface area contributed by atoms with Gasteiger partial charge in [-0.2, -0.15) is 0 Å². The van der Waals surface area contributed by atoms with E-state index in [-0.39, 0.29) is 19.1 Å². The first kappa shape index (κ1) is 16.0. The zero-order valence-corrected chi connectivity index (χ0v) is 14.0. The molecule has 4 nitrogen and oxygen atoms in total. The summed E-state index contributed by atoms with van der Waals surface area (Å²) in [7, 11) is 1.76. The summed E-state index contributed by atoms with van der Waals surface area (Å²) >= 11 is 12.0. The molecule has 2 aromatic carbocycles. The summed E-state index contributed by atoms with van der Waals surface area (Å²) in [5.41, 5.74) is 1.74. The molecule has 0 bridgehead atoms. The number of fused-ring (bicyclic) bond motifs is 1. The molecule has 0 N–H and O–H groups in total. The highest BCUT2D eigenvalue weighted by atomic mass is 35.5. The van der Waals surface area contributed by atoms with Crippen molar-refractivity contribution < 1.29 is 14.3 Å². The minimum absolute atomic E-state index is 0.0214. The number of hydrogen-bond donors (Lipinski definition) is 0. The Morgan fingerprint density at radius 1 is 1.13 bits per heavy atom. The molecule has 0 aromatic heterocycles. The van der Waals surface area contributed by atoms with E-state index in [2.05, 4.69) is 0 Å². The number of rotatable bonds is 4. The van der Waals surface area contributed by atoms with Crippen molar-refractivity contribution in [1.29, 1.82) is 0 Å². The van der Waals surface area contributed by atoms with Crippen molar-refractivity contribution in [1.82, 2.24) is 4.90 Å². The zero-order valence-electron chi connectivity index (χ0n) is 12.5. The van der Waals surface area contributed by atoms with E-state index in [1.807, 2.05) is 18.2 Å². The van der Waals surface area contributed by atoms with E-state index < -0.39 is 0 Å². The Labute approximate surface area is 144 Å². The molecule has 0 atom stereocenters. The molecule has 0 saturated carbocycles. The van der Waals surface area contributed by atoms with E-state index in [0.717, 1.165) is 16.9 Å². The van der Waals surface area contributed by atoms with Crippen LogP contribution < -0.4 is 9.47 Å². The maximum atomic E-state index is 12.4. The first-order chi connectivity index (χ1) is 11.0. The first-order valence-electron chi connectivity index (χ1n) is 7.09. The van der Waals surface area contributed by atoms with Gasteiger partial charge < -0.3 is 14.4 Å². The Hall–Kier alpha value is -1.91. The molecule has 0 aliphatic carbocycles. The predicted molar refractivity (Wildman–Crippen MR) is 89.2 cm³/mol. The highest BCUT2D eigenvalue weighted by molar-refractivity contribution is 6.35. The average molecular weight is 352 g/mol. The molecule has 2 aromatic rings. The second-order valence-corrected chi connectivity index (χ2v) is 6.19. The molecule has 1 aliphatic heterocycles. The van der Waals surface area contributed by atoms with Crippen LogP contribution >= 0.6 is 23.2 Å². The number of benzene rings is 2. The molecular formula is C17H15Cl2NO3. The molecule has 120 valence electrons. The third-order valence-electron chi connectivity index (χ3n) is 3.64. The van der Waals surface area contributed by atoms with Gasteiger partial charge in [-0.3, -0.25) is 4.79 Å². The molecule has 0 saturated heterocycles. The van der Waals surface area contributed by atoms with Gasteiger partial charge in [0.25, 0.3) is 0 Å². The SMILES string of the molecule is CN(Cc1ccc2c(c1)OCO2)C(=O)Cc1ccc(Cl)cc1Cl. The van der Waals surface area contributed by atoms with Crippen LogP contribution in [0.4, 0.5) is 0 Å². The molecule has 1 aliphatic rings. The molecule has 0 fully saturated rings. The molecule has 6 heteroatoms. The normalized spacial score (nSPS) is 12.3. The van der Waals surface area contributed by atoms with E-state index in [1.54, 1.807) is 30.1 Å². The second-order valence-electron chi connectivity index (χ2n) is 5.35. The van der Waals surface area contributed by atoms with Crippen molar-refractivity contribution in [2.75, 3.05) is 13.8 Å². The van der Waals surface area contributed by atoms with Gasteiger partial charge in [0.1, 0.15) is 0 Å². The standard InChI is InChI=1S/C17H15Cl2NO3/c1-20(9-11-2-5-15-16(6-11)23-10-22-15)17(21)7-12-3-4-13(18)8-14(12)19/h2-6,8H,7,9-10H2,1H3. The van der Waals surface area contributed by atoms with Crippen LogP contribution in [0.5, 0.6) is 11.5 Å². The number of carbonyl (C=O) groups excluding carboxylic acids is 1. The topological polar surface area (TPSA) is 38.8 Å². The maximum Gasteiger partial charge on any atom is 0.231 e. The van der Waals surface area contributed by atoms with Crippen LogP contribution in [-0.4, -0.2) is 24.6 Å². The number of ether oxygens (including phenoxy) is 2. The van der Waals surface area contributed by atoms with E-state index in [4.69, 9.17) is 32.7 Å². The number of likely N-dealkylation sites (N-methyl/N-ethyl adjacent to an activating group) is 1. The lowest BCUT2D eigenvalue weighted by atomic mass is 10.1. The summed E-state index contributed by atoms with van der Waals surface area (Å²) in [5.74, 6) is 1.42. The lowest BCUT2D eigenvalue weighted by Gasteiger charge is -2.18. The fraction of sp³-hybridized carbons (Fsp3) is 0.235. The summed E-state index contributed by atoms with van der Waals surface area (Å²) in [5, 5.41) is 1.06. The lowest BCUT2D eigenvalue weighted by Crippen LogP contribution is -2.27. The van der Waals surface area contributed by atoms with E-state index in [1.165, 1.54) is 0 Å². The quantitative estimate of drug-likeness (QED) is 0.837. The first-order valence-corrected chi connectivity index (χ1v) is 7.85. The maximum absolute atomic E-state index is 12.4. The Balaban J connectivity index is 1.65. The summed E-state index contributed by atoms with van der Waals surface area (Å²) in [6.45, 7) is 0.726. The molecule has 0 spiro atoms. The number of halogens is 2. The van der Waals surface area contributed by atoms with Crippen molar-refractivity contribution in [2.24, 2.45) is 0 Å². The predicted octanol–water partition coefficient (Wildman–Crippen LogP) is 3.92. The van der Waals surface area contributed by atoms with Crippen LogP contribution in [-0.2, 0) is 17.8 Å². The Bertz CT molecular complexity index is 749. The molecule has 1 amide bonds. The van der Waals surface area contributed by atoms with Gasteiger partial charge in [-0.1, -0.05) is 35.3 Å². The van der Waals surface area contributed by atoms with Crippen molar-refractivity contribution in [2.45, 2.75) is 13.0 Å². The minimum atomic E-state index is -0.0214. The van der Waals surface area contributed by atoms with Gasteiger partial charge >= 0.3 is 0 Å². The van der Waals surface area contributed by atoms with E-state index in [9.17, 15) is 4.79 Å². The molecule has 0 unspecified atom stereocenters. The van der Waals surface area contributed by atoms with Crippen molar-refractivity contribution in [3.05, 3.63) is 57.6 Å². The van der Waals surface area contributed by atoms with Crippen LogP contribution in [0.1, 0.15) is 11.1 Å². The Morgan fingerprint density at radius 2 is 1.91 bits per heavy atom. The fourth-order valence-corrected chi connectivity index (χ4v) is 2.84. The van der Waals surface area contributed by atoms with Gasteiger partial charge in [0.15, 0.2) is 11.5 Å². The van der Waals surface area contributed by atoms with Crippen LogP contribution in [0, 0.1) is 0 Å². The van der Waals surface area contributed by atoms with Crippen LogP contribution in [0.25, 0.3) is 0 Å². The molecule has 23 heavy (non-hydrogen) atoms. The smallest absolute Gasteiger partial charge is 0.231 e. The number of nitrogens with zero attached hydrogens (tertiary/aromatic N) is 1. The summed E-state index contributed by atoms with van der Waals surface area (Å²) in [6, 6.07) is 10.8. The molecule has 3 rings (SSSR count). The average Bonchev–Trinajstić information content (AvgIpc) is 2.97. The van der Waals surface area contributed by atoms with Gasteiger partial charge in [-0.15, -0.1) is 0 Å². The minimum Gasteiger partial charge on any atom is -0.454 e. The van der Waals surface area contributed by atoms with Crippen LogP contribution in [0.15, 0.2) is 36.4 Å². The third kappa shape index (κ3) is 3.71. The molecule has 0 radical (unpaired) electrons. The van der Waals surface area contributed by atoms with Crippen LogP contribution in [0.3, 0.4) is 0 Å². The molecule has 1 heterocycles. The summed E-state index contributed by atoms with van der Waals surface area (Å²) in [6.07, 6.45) is 0.233.